The third kappa shape index (κ3) is 3.37. The van der Waals surface area contributed by atoms with Gasteiger partial charge in [0, 0.05) is 12.1 Å². The van der Waals surface area contributed by atoms with E-state index in [9.17, 15) is 19.1 Å². The van der Waals surface area contributed by atoms with Gasteiger partial charge in [-0.25, -0.2) is 4.39 Å². The van der Waals surface area contributed by atoms with Gasteiger partial charge in [0.15, 0.2) is 0 Å². The molecule has 140 valence electrons. The number of Topliss-reactive ketones (excluding diaryl/α,β-unsaturated/α-hetero) is 1. The number of carbonyl (C=O) groups is 2. The number of benzene rings is 2. The van der Waals surface area contributed by atoms with Crippen LogP contribution in [0.4, 0.5) is 4.39 Å². The normalized spacial score (nSPS) is 19.0. The van der Waals surface area contributed by atoms with Crippen LogP contribution >= 0.6 is 0 Å². The van der Waals surface area contributed by atoms with Crippen LogP contribution in [0.2, 0.25) is 0 Å². The maximum Gasteiger partial charge on any atom is 0.295 e. The minimum atomic E-state index is -0.729. The minimum absolute atomic E-state index is 0.0447. The molecule has 1 unspecified atom stereocenters. The molecule has 0 bridgehead atoms. The van der Waals surface area contributed by atoms with Crippen molar-refractivity contribution in [3.05, 3.63) is 76.1 Å². The van der Waals surface area contributed by atoms with E-state index in [1.807, 2.05) is 26.8 Å². The Kier molecular flexibility index (Phi) is 5.13. The molecule has 3 rings (SSSR count). The van der Waals surface area contributed by atoms with E-state index in [2.05, 4.69) is 0 Å². The molecule has 0 aromatic heterocycles. The summed E-state index contributed by atoms with van der Waals surface area (Å²) in [6, 6.07) is 10.3. The van der Waals surface area contributed by atoms with E-state index < -0.39 is 23.5 Å². The number of halogens is 1. The van der Waals surface area contributed by atoms with Crippen molar-refractivity contribution in [3.8, 4) is 0 Å². The van der Waals surface area contributed by atoms with Crippen molar-refractivity contribution in [1.82, 2.24) is 4.90 Å². The average Bonchev–Trinajstić information content (AvgIpc) is 2.89. The predicted molar refractivity (Wildman–Crippen MR) is 102 cm³/mol. The summed E-state index contributed by atoms with van der Waals surface area (Å²) in [5.41, 5.74) is 3.16. The first-order valence-electron chi connectivity index (χ1n) is 8.96. The number of hydrogen-bond donors (Lipinski definition) is 1. The topological polar surface area (TPSA) is 57.6 Å². The van der Waals surface area contributed by atoms with Crippen LogP contribution in [0.15, 0.2) is 48.0 Å². The van der Waals surface area contributed by atoms with Crippen LogP contribution < -0.4 is 0 Å². The van der Waals surface area contributed by atoms with E-state index in [4.69, 9.17) is 0 Å². The van der Waals surface area contributed by atoms with Crippen LogP contribution in [0.25, 0.3) is 5.76 Å². The second-order valence-corrected chi connectivity index (χ2v) is 6.84. The molecule has 0 saturated carbocycles. The number of aliphatic hydroxyl groups excluding tert-OH is 1. The van der Waals surface area contributed by atoms with Crippen LogP contribution in [-0.4, -0.2) is 28.2 Å². The van der Waals surface area contributed by atoms with Crippen molar-refractivity contribution in [2.75, 3.05) is 6.54 Å². The molecule has 1 N–H and O–H groups in total. The van der Waals surface area contributed by atoms with E-state index in [0.29, 0.717) is 24.1 Å². The van der Waals surface area contributed by atoms with Gasteiger partial charge in [0.25, 0.3) is 11.7 Å². The number of aliphatic hydroxyl groups is 1. The van der Waals surface area contributed by atoms with Crippen molar-refractivity contribution in [2.24, 2.45) is 0 Å². The monoisotopic (exact) mass is 367 g/mol. The average molecular weight is 367 g/mol. The zero-order valence-corrected chi connectivity index (χ0v) is 15.6. The van der Waals surface area contributed by atoms with Crippen molar-refractivity contribution in [2.45, 2.75) is 33.2 Å². The standard InChI is InChI=1S/C22H22FNO3/c1-4-11-24-19(15-7-9-17(23)10-8-15)18(21(26)22(24)27)20(25)16-6-5-13(2)14(3)12-16/h5-10,12,19,25H,4,11H2,1-3H3/b20-18-. The van der Waals surface area contributed by atoms with E-state index in [1.54, 1.807) is 24.3 Å². The highest BCUT2D eigenvalue weighted by atomic mass is 19.1. The first-order valence-corrected chi connectivity index (χ1v) is 8.96. The van der Waals surface area contributed by atoms with Crippen LogP contribution in [0.3, 0.4) is 0 Å². The number of nitrogens with zero attached hydrogens (tertiary/aromatic N) is 1. The second kappa shape index (κ2) is 7.35. The zero-order valence-electron chi connectivity index (χ0n) is 15.6. The summed E-state index contributed by atoms with van der Waals surface area (Å²) in [5.74, 6) is -1.96. The van der Waals surface area contributed by atoms with Gasteiger partial charge in [-0.05, 0) is 55.2 Å². The Morgan fingerprint density at radius 1 is 1.07 bits per heavy atom. The van der Waals surface area contributed by atoms with E-state index in [-0.39, 0.29) is 11.3 Å². The first-order chi connectivity index (χ1) is 12.8. The largest absolute Gasteiger partial charge is 0.507 e. The fourth-order valence-electron chi connectivity index (χ4n) is 3.39. The van der Waals surface area contributed by atoms with Crippen LogP contribution in [0.1, 0.15) is 41.6 Å². The summed E-state index contributed by atoms with van der Waals surface area (Å²) >= 11 is 0. The zero-order chi connectivity index (χ0) is 19.7. The Balaban J connectivity index is 2.19. The number of likely N-dealkylation sites (tertiary alicyclic amines) is 1. The van der Waals surface area contributed by atoms with Crippen LogP contribution in [-0.2, 0) is 9.59 Å². The van der Waals surface area contributed by atoms with Crippen molar-refractivity contribution >= 4 is 17.4 Å². The lowest BCUT2D eigenvalue weighted by molar-refractivity contribution is -0.139. The lowest BCUT2D eigenvalue weighted by Gasteiger charge is -2.24. The maximum atomic E-state index is 13.4. The molecule has 5 heteroatoms. The van der Waals surface area contributed by atoms with Gasteiger partial charge in [0.2, 0.25) is 0 Å². The molecule has 1 atom stereocenters. The molecule has 1 saturated heterocycles. The highest BCUT2D eigenvalue weighted by Gasteiger charge is 2.45. The molecule has 1 heterocycles. The number of carbonyl (C=O) groups excluding carboxylic acids is 2. The smallest absolute Gasteiger partial charge is 0.295 e. The molecule has 1 fully saturated rings. The highest BCUT2D eigenvalue weighted by molar-refractivity contribution is 6.46. The summed E-state index contributed by atoms with van der Waals surface area (Å²) in [6.45, 7) is 6.15. The van der Waals surface area contributed by atoms with Crippen LogP contribution in [0.5, 0.6) is 0 Å². The molecule has 1 amide bonds. The van der Waals surface area contributed by atoms with E-state index >= 15 is 0 Å². The summed E-state index contributed by atoms with van der Waals surface area (Å²) in [7, 11) is 0. The van der Waals surface area contributed by atoms with Crippen LogP contribution in [0, 0.1) is 19.7 Å². The number of hydrogen-bond acceptors (Lipinski definition) is 3. The van der Waals surface area contributed by atoms with Crippen molar-refractivity contribution in [1.29, 1.82) is 0 Å². The number of aryl methyl sites for hydroxylation is 2. The summed E-state index contributed by atoms with van der Waals surface area (Å²) in [4.78, 5) is 26.7. The third-order valence-corrected chi connectivity index (χ3v) is 4.97. The van der Waals surface area contributed by atoms with Gasteiger partial charge in [-0.15, -0.1) is 0 Å². The molecular weight excluding hydrogens is 345 g/mol. The van der Waals surface area contributed by atoms with Gasteiger partial charge in [-0.1, -0.05) is 31.2 Å². The minimum Gasteiger partial charge on any atom is -0.507 e. The van der Waals surface area contributed by atoms with Crippen molar-refractivity contribution in [3.63, 3.8) is 0 Å². The molecule has 0 aliphatic carbocycles. The first kappa shape index (κ1) is 18.8. The quantitative estimate of drug-likeness (QED) is 0.499. The Morgan fingerprint density at radius 2 is 1.74 bits per heavy atom. The number of ketones is 1. The molecule has 4 nitrogen and oxygen atoms in total. The van der Waals surface area contributed by atoms with Gasteiger partial charge < -0.3 is 10.0 Å². The van der Waals surface area contributed by atoms with Gasteiger partial charge in [-0.2, -0.15) is 0 Å². The van der Waals surface area contributed by atoms with Gasteiger partial charge in [-0.3, -0.25) is 9.59 Å². The Bertz CT molecular complexity index is 931. The molecular formula is C22H22FNO3. The molecule has 1 aliphatic heterocycles. The highest BCUT2D eigenvalue weighted by Crippen LogP contribution is 2.39. The fourth-order valence-corrected chi connectivity index (χ4v) is 3.39. The SMILES string of the molecule is CCCN1C(=O)C(=O)/C(=C(\O)c2ccc(C)c(C)c2)C1c1ccc(F)cc1. The molecule has 27 heavy (non-hydrogen) atoms. The molecule has 0 spiro atoms. The summed E-state index contributed by atoms with van der Waals surface area (Å²) in [6.07, 6.45) is 0.661. The lowest BCUT2D eigenvalue weighted by Crippen LogP contribution is -2.30. The van der Waals surface area contributed by atoms with Gasteiger partial charge in [0.05, 0.1) is 11.6 Å². The number of amides is 1. The van der Waals surface area contributed by atoms with E-state index in [1.165, 1.54) is 17.0 Å². The maximum absolute atomic E-state index is 13.4. The van der Waals surface area contributed by atoms with Gasteiger partial charge in [0.1, 0.15) is 11.6 Å². The number of rotatable bonds is 4. The van der Waals surface area contributed by atoms with Crippen molar-refractivity contribution < 1.29 is 19.1 Å². The van der Waals surface area contributed by atoms with Gasteiger partial charge >= 0.3 is 0 Å². The molecule has 1 aliphatic rings. The third-order valence-electron chi connectivity index (χ3n) is 4.97. The molecule has 2 aromatic carbocycles. The fraction of sp³-hybridized carbons (Fsp3) is 0.273. The Morgan fingerprint density at radius 3 is 2.33 bits per heavy atom. The predicted octanol–water partition coefficient (Wildman–Crippen LogP) is 4.27. The Labute approximate surface area is 157 Å². The summed E-state index contributed by atoms with van der Waals surface area (Å²) < 4.78 is 13.4. The lowest BCUT2D eigenvalue weighted by atomic mass is 9.94. The Hall–Kier alpha value is -2.95. The van der Waals surface area contributed by atoms with E-state index in [0.717, 1.165) is 11.1 Å². The molecule has 2 aromatic rings. The molecule has 0 radical (unpaired) electrons. The summed E-state index contributed by atoms with van der Waals surface area (Å²) in [5, 5.41) is 10.9. The second-order valence-electron chi connectivity index (χ2n) is 6.84.